The van der Waals surface area contributed by atoms with Gasteiger partial charge in [-0.2, -0.15) is 13.2 Å². The molecule has 0 aliphatic heterocycles. The molecule has 0 unspecified atom stereocenters. The Morgan fingerprint density at radius 2 is 1.94 bits per heavy atom. The Bertz CT molecular complexity index is 405. The van der Waals surface area contributed by atoms with Crippen LogP contribution in [0, 0.1) is 0 Å². The first kappa shape index (κ1) is 14.5. The normalized spacial score (nSPS) is 11.5. The SMILES string of the molecule is O=C(O)c1ccccc1CNCCCC(F)(F)F. The van der Waals surface area contributed by atoms with Gasteiger partial charge in [0.1, 0.15) is 0 Å². The lowest BCUT2D eigenvalue weighted by molar-refractivity contribution is -0.135. The van der Waals surface area contributed by atoms with Crippen molar-refractivity contribution in [3.63, 3.8) is 0 Å². The van der Waals surface area contributed by atoms with Crippen LogP contribution < -0.4 is 5.32 Å². The van der Waals surface area contributed by atoms with Gasteiger partial charge in [-0.3, -0.25) is 0 Å². The molecule has 0 amide bonds. The second kappa shape index (κ2) is 6.39. The molecule has 1 rings (SSSR count). The zero-order chi connectivity index (χ0) is 13.6. The van der Waals surface area contributed by atoms with Crippen LogP contribution in [-0.4, -0.2) is 23.8 Å². The molecule has 0 bridgehead atoms. The highest BCUT2D eigenvalue weighted by atomic mass is 19.4. The third kappa shape index (κ3) is 5.18. The Balaban J connectivity index is 2.38. The zero-order valence-corrected chi connectivity index (χ0v) is 9.63. The molecule has 6 heteroatoms. The first-order valence-corrected chi connectivity index (χ1v) is 5.49. The maximum Gasteiger partial charge on any atom is 0.389 e. The van der Waals surface area contributed by atoms with Gasteiger partial charge in [0.15, 0.2) is 0 Å². The molecule has 0 aromatic heterocycles. The molecule has 1 aromatic rings. The molecule has 0 saturated heterocycles. The highest BCUT2D eigenvalue weighted by molar-refractivity contribution is 5.89. The van der Waals surface area contributed by atoms with Gasteiger partial charge in [-0.1, -0.05) is 18.2 Å². The van der Waals surface area contributed by atoms with E-state index in [1.165, 1.54) is 6.07 Å². The van der Waals surface area contributed by atoms with Gasteiger partial charge < -0.3 is 10.4 Å². The number of nitrogens with one attached hydrogen (secondary N) is 1. The fourth-order valence-corrected chi connectivity index (χ4v) is 1.52. The van der Waals surface area contributed by atoms with E-state index in [0.29, 0.717) is 5.56 Å². The molecule has 3 nitrogen and oxygen atoms in total. The topological polar surface area (TPSA) is 49.3 Å². The van der Waals surface area contributed by atoms with Crippen LogP contribution >= 0.6 is 0 Å². The standard InChI is InChI=1S/C12H14F3NO2/c13-12(14,15)6-3-7-16-8-9-4-1-2-5-10(9)11(17)18/h1-2,4-5,16H,3,6-8H2,(H,17,18). The number of rotatable bonds is 6. The number of hydrogen-bond donors (Lipinski definition) is 2. The van der Waals surface area contributed by atoms with Crippen molar-refractivity contribution >= 4 is 5.97 Å². The Morgan fingerprint density at radius 1 is 1.28 bits per heavy atom. The summed E-state index contributed by atoms with van der Waals surface area (Å²) in [6.07, 6.45) is -4.99. The summed E-state index contributed by atoms with van der Waals surface area (Å²) in [6.45, 7) is 0.452. The van der Waals surface area contributed by atoms with Gasteiger partial charge in [-0.25, -0.2) is 4.79 Å². The Labute approximate surface area is 103 Å². The first-order chi connectivity index (χ1) is 8.40. The van der Waals surface area contributed by atoms with Crippen LogP contribution in [0.3, 0.4) is 0 Å². The first-order valence-electron chi connectivity index (χ1n) is 5.49. The van der Waals surface area contributed by atoms with Crippen LogP contribution in [0.5, 0.6) is 0 Å². The van der Waals surface area contributed by atoms with Gasteiger partial charge in [0.25, 0.3) is 0 Å². The number of hydrogen-bond acceptors (Lipinski definition) is 2. The van der Waals surface area contributed by atoms with E-state index in [1.54, 1.807) is 18.2 Å². The average Bonchev–Trinajstić information content (AvgIpc) is 2.27. The van der Waals surface area contributed by atoms with E-state index in [1.807, 2.05) is 0 Å². The van der Waals surface area contributed by atoms with Crippen molar-refractivity contribution in [3.05, 3.63) is 35.4 Å². The summed E-state index contributed by atoms with van der Waals surface area (Å²) < 4.78 is 35.6. The van der Waals surface area contributed by atoms with Crippen LogP contribution in [0.2, 0.25) is 0 Å². The molecular formula is C12H14F3NO2. The number of halogens is 3. The highest BCUT2D eigenvalue weighted by Gasteiger charge is 2.25. The van der Waals surface area contributed by atoms with Gasteiger partial charge >= 0.3 is 12.1 Å². The maximum atomic E-state index is 11.9. The Hall–Kier alpha value is -1.56. The molecule has 0 saturated carbocycles. The summed E-state index contributed by atoms with van der Waals surface area (Å²) in [6, 6.07) is 6.41. The van der Waals surface area contributed by atoms with Crippen LogP contribution in [0.1, 0.15) is 28.8 Å². The second-order valence-electron chi connectivity index (χ2n) is 3.86. The molecule has 0 atom stereocenters. The van der Waals surface area contributed by atoms with Crippen LogP contribution in [0.4, 0.5) is 13.2 Å². The predicted molar refractivity (Wildman–Crippen MR) is 60.4 cm³/mol. The summed E-state index contributed by atoms with van der Waals surface area (Å²) >= 11 is 0. The van der Waals surface area contributed by atoms with E-state index in [-0.39, 0.29) is 25.1 Å². The Kier molecular flexibility index (Phi) is 5.15. The van der Waals surface area contributed by atoms with Crippen molar-refractivity contribution in [2.45, 2.75) is 25.6 Å². The smallest absolute Gasteiger partial charge is 0.389 e. The third-order valence-electron chi connectivity index (χ3n) is 2.38. The van der Waals surface area contributed by atoms with Crippen molar-refractivity contribution in [3.8, 4) is 0 Å². The minimum absolute atomic E-state index is 0.0151. The average molecular weight is 261 g/mol. The molecule has 0 aliphatic rings. The minimum atomic E-state index is -4.14. The molecule has 0 spiro atoms. The highest BCUT2D eigenvalue weighted by Crippen LogP contribution is 2.20. The van der Waals surface area contributed by atoms with E-state index in [2.05, 4.69) is 5.32 Å². The summed E-state index contributed by atoms with van der Waals surface area (Å²) in [5.74, 6) is -1.04. The van der Waals surface area contributed by atoms with Crippen molar-refractivity contribution in [2.24, 2.45) is 0 Å². The Morgan fingerprint density at radius 3 is 2.56 bits per heavy atom. The molecule has 0 heterocycles. The summed E-state index contributed by atoms with van der Waals surface area (Å²) in [4.78, 5) is 10.9. The van der Waals surface area contributed by atoms with E-state index in [4.69, 9.17) is 5.11 Å². The number of carbonyl (C=O) groups is 1. The van der Waals surface area contributed by atoms with Gasteiger partial charge in [0, 0.05) is 13.0 Å². The van der Waals surface area contributed by atoms with Crippen LogP contribution in [0.25, 0.3) is 0 Å². The van der Waals surface area contributed by atoms with Gasteiger partial charge in [-0.15, -0.1) is 0 Å². The lowest BCUT2D eigenvalue weighted by Gasteiger charge is -2.09. The van der Waals surface area contributed by atoms with Crippen molar-refractivity contribution in [1.82, 2.24) is 5.32 Å². The van der Waals surface area contributed by atoms with E-state index in [0.717, 1.165) is 0 Å². The molecule has 100 valence electrons. The number of carboxylic acid groups (broad SMARTS) is 1. The molecule has 0 aliphatic carbocycles. The van der Waals surface area contributed by atoms with Gasteiger partial charge in [-0.05, 0) is 24.6 Å². The summed E-state index contributed by atoms with van der Waals surface area (Å²) in [5.41, 5.74) is 0.734. The molecule has 1 aromatic carbocycles. The maximum absolute atomic E-state index is 11.9. The quantitative estimate of drug-likeness (QED) is 0.774. The molecular weight excluding hydrogens is 247 g/mol. The van der Waals surface area contributed by atoms with Crippen molar-refractivity contribution in [2.75, 3.05) is 6.54 Å². The van der Waals surface area contributed by atoms with Crippen LogP contribution in [0.15, 0.2) is 24.3 Å². The van der Waals surface area contributed by atoms with E-state index < -0.39 is 18.6 Å². The van der Waals surface area contributed by atoms with Gasteiger partial charge in [0.2, 0.25) is 0 Å². The molecule has 2 N–H and O–H groups in total. The third-order valence-corrected chi connectivity index (χ3v) is 2.38. The summed E-state index contributed by atoms with van der Waals surface area (Å²) in [7, 11) is 0. The summed E-state index contributed by atoms with van der Waals surface area (Å²) in [5, 5.41) is 11.7. The monoisotopic (exact) mass is 261 g/mol. The number of carboxylic acids is 1. The fraction of sp³-hybridized carbons (Fsp3) is 0.417. The number of alkyl halides is 3. The second-order valence-corrected chi connectivity index (χ2v) is 3.86. The lowest BCUT2D eigenvalue weighted by atomic mass is 10.1. The fourth-order valence-electron chi connectivity index (χ4n) is 1.52. The van der Waals surface area contributed by atoms with Gasteiger partial charge in [0.05, 0.1) is 5.56 Å². The van der Waals surface area contributed by atoms with E-state index in [9.17, 15) is 18.0 Å². The minimum Gasteiger partial charge on any atom is -0.478 e. The number of aromatic carboxylic acids is 1. The molecule has 0 radical (unpaired) electrons. The van der Waals surface area contributed by atoms with Crippen molar-refractivity contribution in [1.29, 1.82) is 0 Å². The van der Waals surface area contributed by atoms with Crippen molar-refractivity contribution < 1.29 is 23.1 Å². The number of benzene rings is 1. The predicted octanol–water partition coefficient (Wildman–Crippen LogP) is 2.82. The molecule has 18 heavy (non-hydrogen) atoms. The van der Waals surface area contributed by atoms with E-state index >= 15 is 0 Å². The van der Waals surface area contributed by atoms with Crippen LogP contribution in [-0.2, 0) is 6.54 Å². The lowest BCUT2D eigenvalue weighted by Crippen LogP contribution is -2.19. The largest absolute Gasteiger partial charge is 0.478 e. The zero-order valence-electron chi connectivity index (χ0n) is 9.63. The molecule has 0 fully saturated rings.